The molecule has 0 aromatic carbocycles. The van der Waals surface area contributed by atoms with Gasteiger partial charge in [-0.2, -0.15) is 0 Å². The second-order valence-corrected chi connectivity index (χ2v) is 4.94. The van der Waals surface area contributed by atoms with Gasteiger partial charge in [-0.25, -0.2) is 4.98 Å². The normalized spacial score (nSPS) is 24.4. The molecule has 1 aromatic rings. The van der Waals surface area contributed by atoms with Gasteiger partial charge in [0.2, 0.25) is 0 Å². The maximum atomic E-state index is 4.51. The van der Waals surface area contributed by atoms with Gasteiger partial charge in [-0.15, -0.1) is 0 Å². The zero-order valence-corrected chi connectivity index (χ0v) is 10.9. The van der Waals surface area contributed by atoms with Gasteiger partial charge in [-0.05, 0) is 30.9 Å². The van der Waals surface area contributed by atoms with Crippen molar-refractivity contribution in [3.05, 3.63) is 18.2 Å². The van der Waals surface area contributed by atoms with E-state index in [0.717, 1.165) is 17.6 Å². The van der Waals surface area contributed by atoms with Crippen LogP contribution in [0.1, 0.15) is 39.0 Å². The Morgan fingerprint density at radius 2 is 2.12 bits per heavy atom. The molecule has 0 amide bonds. The Bertz CT molecular complexity index is 351. The maximum absolute atomic E-state index is 4.51. The predicted octanol–water partition coefficient (Wildman–Crippen LogP) is 3.50. The summed E-state index contributed by atoms with van der Waals surface area (Å²) in [5.41, 5.74) is 0. The second-order valence-electron chi connectivity index (χ2n) is 4.94. The Morgan fingerprint density at radius 1 is 1.29 bits per heavy atom. The summed E-state index contributed by atoms with van der Waals surface area (Å²) in [6.45, 7) is 2.30. The molecule has 2 atom stereocenters. The average Bonchev–Trinajstić information content (AvgIpc) is 2.39. The molecule has 1 aliphatic carbocycles. The lowest BCUT2D eigenvalue weighted by molar-refractivity contribution is 0.327. The highest BCUT2D eigenvalue weighted by Crippen LogP contribution is 2.28. The molecule has 0 radical (unpaired) electrons. The average molecular weight is 233 g/mol. The van der Waals surface area contributed by atoms with Gasteiger partial charge in [0.15, 0.2) is 0 Å². The van der Waals surface area contributed by atoms with E-state index in [0.29, 0.717) is 6.04 Å². The molecule has 2 unspecified atom stereocenters. The first-order chi connectivity index (χ1) is 8.31. The van der Waals surface area contributed by atoms with E-state index in [1.807, 2.05) is 19.2 Å². The van der Waals surface area contributed by atoms with Crippen molar-refractivity contribution >= 4 is 11.6 Å². The largest absolute Gasteiger partial charge is 0.373 e. The monoisotopic (exact) mass is 233 g/mol. The van der Waals surface area contributed by atoms with Crippen LogP contribution >= 0.6 is 0 Å². The second kappa shape index (κ2) is 5.89. The van der Waals surface area contributed by atoms with Crippen LogP contribution in [0.25, 0.3) is 0 Å². The van der Waals surface area contributed by atoms with Crippen LogP contribution < -0.4 is 10.6 Å². The molecule has 1 heterocycles. The Kier molecular flexibility index (Phi) is 4.24. The Labute approximate surface area is 104 Å². The SMILES string of the molecule is CCC1CCCC(Nc2cccc(NC)n2)C1. The molecule has 1 fully saturated rings. The van der Waals surface area contributed by atoms with Gasteiger partial charge in [0.1, 0.15) is 11.6 Å². The molecule has 1 aromatic heterocycles. The smallest absolute Gasteiger partial charge is 0.128 e. The van der Waals surface area contributed by atoms with E-state index in [1.165, 1.54) is 32.1 Å². The zero-order chi connectivity index (χ0) is 12.1. The van der Waals surface area contributed by atoms with Gasteiger partial charge in [0.05, 0.1) is 0 Å². The highest BCUT2D eigenvalue weighted by atomic mass is 15.1. The maximum Gasteiger partial charge on any atom is 0.128 e. The molecule has 1 saturated carbocycles. The summed E-state index contributed by atoms with van der Waals surface area (Å²) in [5.74, 6) is 2.82. The van der Waals surface area contributed by atoms with E-state index in [-0.39, 0.29) is 0 Å². The minimum Gasteiger partial charge on any atom is -0.373 e. The number of hydrogen-bond donors (Lipinski definition) is 2. The van der Waals surface area contributed by atoms with Crippen molar-refractivity contribution in [1.82, 2.24) is 4.98 Å². The summed E-state index contributed by atoms with van der Waals surface area (Å²) >= 11 is 0. The van der Waals surface area contributed by atoms with Crippen LogP contribution in [-0.4, -0.2) is 18.1 Å². The van der Waals surface area contributed by atoms with Gasteiger partial charge in [0.25, 0.3) is 0 Å². The molecule has 94 valence electrons. The fourth-order valence-electron chi connectivity index (χ4n) is 2.66. The predicted molar refractivity (Wildman–Crippen MR) is 73.4 cm³/mol. The Morgan fingerprint density at radius 3 is 2.88 bits per heavy atom. The lowest BCUT2D eigenvalue weighted by Crippen LogP contribution is -2.27. The number of nitrogens with one attached hydrogen (secondary N) is 2. The third-order valence-electron chi connectivity index (χ3n) is 3.72. The van der Waals surface area contributed by atoms with Crippen molar-refractivity contribution < 1.29 is 0 Å². The van der Waals surface area contributed by atoms with Crippen molar-refractivity contribution in [2.75, 3.05) is 17.7 Å². The van der Waals surface area contributed by atoms with Gasteiger partial charge >= 0.3 is 0 Å². The fourth-order valence-corrected chi connectivity index (χ4v) is 2.66. The third kappa shape index (κ3) is 3.35. The quantitative estimate of drug-likeness (QED) is 0.835. The summed E-state index contributed by atoms with van der Waals surface area (Å²) in [6.07, 6.45) is 6.63. The molecule has 2 rings (SSSR count). The molecule has 1 aliphatic rings. The lowest BCUT2D eigenvalue weighted by Gasteiger charge is -2.29. The first-order valence-electron chi connectivity index (χ1n) is 6.73. The van der Waals surface area contributed by atoms with E-state index < -0.39 is 0 Å². The van der Waals surface area contributed by atoms with Crippen molar-refractivity contribution in [2.45, 2.75) is 45.1 Å². The van der Waals surface area contributed by atoms with Crippen LogP contribution in [0.2, 0.25) is 0 Å². The van der Waals surface area contributed by atoms with Gasteiger partial charge in [0, 0.05) is 13.1 Å². The summed E-state index contributed by atoms with van der Waals surface area (Å²) in [5, 5.41) is 6.64. The number of hydrogen-bond acceptors (Lipinski definition) is 3. The van der Waals surface area contributed by atoms with Crippen molar-refractivity contribution in [2.24, 2.45) is 5.92 Å². The first kappa shape index (κ1) is 12.2. The summed E-state index contributed by atoms with van der Waals surface area (Å²) in [6, 6.07) is 6.69. The number of nitrogens with zero attached hydrogens (tertiary/aromatic N) is 1. The molecule has 0 aliphatic heterocycles. The Balaban J connectivity index is 1.95. The molecule has 2 N–H and O–H groups in total. The van der Waals surface area contributed by atoms with Crippen LogP contribution in [0.15, 0.2) is 18.2 Å². The van der Waals surface area contributed by atoms with Crippen LogP contribution in [0.5, 0.6) is 0 Å². The summed E-state index contributed by atoms with van der Waals surface area (Å²) in [4.78, 5) is 4.51. The van der Waals surface area contributed by atoms with Gasteiger partial charge in [-0.3, -0.25) is 0 Å². The standard InChI is InChI=1S/C14H23N3/c1-3-11-6-4-7-12(10-11)16-14-9-5-8-13(15-2)17-14/h5,8-9,11-12H,3-4,6-7,10H2,1-2H3,(H2,15,16,17). The van der Waals surface area contributed by atoms with Gasteiger partial charge in [-0.1, -0.05) is 32.3 Å². The highest BCUT2D eigenvalue weighted by Gasteiger charge is 2.20. The number of rotatable bonds is 4. The van der Waals surface area contributed by atoms with E-state index >= 15 is 0 Å². The summed E-state index contributed by atoms with van der Waals surface area (Å²) in [7, 11) is 1.90. The molecule has 0 bridgehead atoms. The van der Waals surface area contributed by atoms with Crippen LogP contribution in [0.4, 0.5) is 11.6 Å². The lowest BCUT2D eigenvalue weighted by atomic mass is 9.84. The third-order valence-corrected chi connectivity index (χ3v) is 3.72. The van der Waals surface area contributed by atoms with E-state index in [2.05, 4.69) is 28.6 Å². The zero-order valence-electron chi connectivity index (χ0n) is 10.9. The number of aromatic nitrogens is 1. The van der Waals surface area contributed by atoms with Crippen molar-refractivity contribution in [3.8, 4) is 0 Å². The van der Waals surface area contributed by atoms with Crippen molar-refractivity contribution in [1.29, 1.82) is 0 Å². The Hall–Kier alpha value is -1.25. The van der Waals surface area contributed by atoms with E-state index in [9.17, 15) is 0 Å². The molecule has 0 saturated heterocycles. The highest BCUT2D eigenvalue weighted by molar-refractivity contribution is 5.45. The van der Waals surface area contributed by atoms with Crippen LogP contribution in [-0.2, 0) is 0 Å². The van der Waals surface area contributed by atoms with Crippen LogP contribution in [0, 0.1) is 5.92 Å². The van der Waals surface area contributed by atoms with E-state index in [4.69, 9.17) is 0 Å². The molecular weight excluding hydrogens is 210 g/mol. The van der Waals surface area contributed by atoms with E-state index in [1.54, 1.807) is 0 Å². The molecular formula is C14H23N3. The van der Waals surface area contributed by atoms with Gasteiger partial charge < -0.3 is 10.6 Å². The molecule has 3 nitrogen and oxygen atoms in total. The number of anilines is 2. The van der Waals surface area contributed by atoms with Crippen LogP contribution in [0.3, 0.4) is 0 Å². The molecule has 0 spiro atoms. The fraction of sp³-hybridized carbons (Fsp3) is 0.643. The topological polar surface area (TPSA) is 37.0 Å². The number of pyridine rings is 1. The van der Waals surface area contributed by atoms with Crippen molar-refractivity contribution in [3.63, 3.8) is 0 Å². The molecule has 3 heteroatoms. The molecule has 17 heavy (non-hydrogen) atoms. The minimum absolute atomic E-state index is 0.605. The first-order valence-corrected chi connectivity index (χ1v) is 6.73. The summed E-state index contributed by atoms with van der Waals surface area (Å²) < 4.78 is 0. The minimum atomic E-state index is 0.605.